The molecule has 0 radical (unpaired) electrons. The zero-order valence-electron chi connectivity index (χ0n) is 18.6. The van der Waals surface area contributed by atoms with Gasteiger partial charge in [-0.1, -0.05) is 0 Å². The molecular formula is C20H33BN4O4. The Hall–Kier alpha value is -1.87. The first-order valence-corrected chi connectivity index (χ1v) is 10.3. The van der Waals surface area contributed by atoms with E-state index in [-0.39, 0.29) is 12.1 Å². The van der Waals surface area contributed by atoms with Crippen molar-refractivity contribution < 1.29 is 18.8 Å². The number of amides is 1. The van der Waals surface area contributed by atoms with E-state index in [2.05, 4.69) is 15.3 Å². The van der Waals surface area contributed by atoms with Gasteiger partial charge in [-0.15, -0.1) is 0 Å². The minimum absolute atomic E-state index is 0.0824. The molecule has 8 nitrogen and oxygen atoms in total. The van der Waals surface area contributed by atoms with Crippen LogP contribution in [-0.4, -0.2) is 64.0 Å². The Morgan fingerprint density at radius 1 is 1.21 bits per heavy atom. The normalized spacial score (nSPS) is 23.8. The summed E-state index contributed by atoms with van der Waals surface area (Å²) in [5.41, 5.74) is -0.513. The van der Waals surface area contributed by atoms with Crippen LogP contribution in [0.1, 0.15) is 61.3 Å². The summed E-state index contributed by atoms with van der Waals surface area (Å²) in [5, 5.41) is 3.33. The molecule has 0 unspecified atom stereocenters. The fourth-order valence-electron chi connectivity index (χ4n) is 3.28. The lowest BCUT2D eigenvalue weighted by atomic mass is 9.81. The molecule has 3 heterocycles. The Morgan fingerprint density at radius 2 is 1.79 bits per heavy atom. The van der Waals surface area contributed by atoms with Crippen molar-refractivity contribution >= 4 is 24.6 Å². The molecule has 3 rings (SSSR count). The first-order chi connectivity index (χ1) is 13.4. The third kappa shape index (κ3) is 5.19. The van der Waals surface area contributed by atoms with Crippen LogP contribution >= 0.6 is 0 Å². The van der Waals surface area contributed by atoms with Crippen LogP contribution in [0.15, 0.2) is 12.4 Å². The first-order valence-electron chi connectivity index (χ1n) is 10.3. The summed E-state index contributed by atoms with van der Waals surface area (Å²) >= 11 is 0. The zero-order valence-corrected chi connectivity index (χ0v) is 18.6. The van der Waals surface area contributed by atoms with E-state index in [0.29, 0.717) is 19.0 Å². The molecule has 0 bridgehead atoms. The van der Waals surface area contributed by atoms with Crippen molar-refractivity contribution in [1.29, 1.82) is 0 Å². The minimum atomic E-state index is -0.496. The SMILES string of the molecule is CC(C)(C)OC(=O)N1CCC[C@H](Nc2ncc(B3OC(C)(C)C(C)(C)O3)cn2)C1. The van der Waals surface area contributed by atoms with E-state index < -0.39 is 23.9 Å². The molecule has 1 N–H and O–H groups in total. The van der Waals surface area contributed by atoms with Gasteiger partial charge in [0.05, 0.1) is 11.2 Å². The van der Waals surface area contributed by atoms with Gasteiger partial charge in [0.2, 0.25) is 5.95 Å². The van der Waals surface area contributed by atoms with Crippen LogP contribution < -0.4 is 10.8 Å². The van der Waals surface area contributed by atoms with E-state index in [1.165, 1.54) is 0 Å². The Bertz CT molecular complexity index is 717. The van der Waals surface area contributed by atoms with Gasteiger partial charge < -0.3 is 24.3 Å². The van der Waals surface area contributed by atoms with E-state index in [0.717, 1.165) is 18.3 Å². The highest BCUT2D eigenvalue weighted by Crippen LogP contribution is 2.36. The second-order valence-electron chi connectivity index (χ2n) is 9.84. The smallest absolute Gasteiger partial charge is 0.444 e. The number of nitrogens with one attached hydrogen (secondary N) is 1. The number of ether oxygens (including phenoxy) is 1. The summed E-state index contributed by atoms with van der Waals surface area (Å²) in [4.78, 5) is 22.9. The predicted octanol–water partition coefficient (Wildman–Crippen LogP) is 2.59. The molecule has 1 aromatic heterocycles. The monoisotopic (exact) mass is 404 g/mol. The number of hydrogen-bond donors (Lipinski definition) is 1. The zero-order chi connectivity index (χ0) is 21.4. The Kier molecular flexibility index (Phi) is 5.84. The number of piperidine rings is 1. The van der Waals surface area contributed by atoms with Crippen molar-refractivity contribution in [3.8, 4) is 0 Å². The van der Waals surface area contributed by atoms with Crippen LogP contribution in [0, 0.1) is 0 Å². The molecule has 2 aliphatic heterocycles. The van der Waals surface area contributed by atoms with Gasteiger partial charge in [0.15, 0.2) is 0 Å². The summed E-state index contributed by atoms with van der Waals surface area (Å²) < 4.78 is 17.6. The predicted molar refractivity (Wildman–Crippen MR) is 112 cm³/mol. The molecule has 1 aromatic rings. The number of anilines is 1. The van der Waals surface area contributed by atoms with Crippen LogP contribution in [0.4, 0.5) is 10.7 Å². The number of carbonyl (C=O) groups excluding carboxylic acids is 1. The summed E-state index contributed by atoms with van der Waals surface area (Å²) in [6.07, 6.45) is 5.03. The van der Waals surface area contributed by atoms with Crippen molar-refractivity contribution in [1.82, 2.24) is 14.9 Å². The third-order valence-corrected chi connectivity index (χ3v) is 5.60. The van der Waals surface area contributed by atoms with Gasteiger partial charge in [-0.05, 0) is 61.3 Å². The van der Waals surface area contributed by atoms with Gasteiger partial charge in [0.1, 0.15) is 5.60 Å². The third-order valence-electron chi connectivity index (χ3n) is 5.60. The number of aromatic nitrogens is 2. The molecule has 2 aliphatic rings. The fraction of sp³-hybridized carbons (Fsp3) is 0.750. The van der Waals surface area contributed by atoms with Gasteiger partial charge in [-0.25, -0.2) is 14.8 Å². The fourth-order valence-corrected chi connectivity index (χ4v) is 3.28. The molecule has 1 amide bonds. The van der Waals surface area contributed by atoms with E-state index in [1.54, 1.807) is 17.3 Å². The van der Waals surface area contributed by atoms with Crippen molar-refractivity contribution in [2.45, 2.75) is 84.2 Å². The average molecular weight is 404 g/mol. The van der Waals surface area contributed by atoms with Crippen molar-refractivity contribution in [3.63, 3.8) is 0 Å². The maximum Gasteiger partial charge on any atom is 0.498 e. The highest BCUT2D eigenvalue weighted by Gasteiger charge is 2.52. The van der Waals surface area contributed by atoms with Gasteiger partial charge >= 0.3 is 13.2 Å². The Morgan fingerprint density at radius 3 is 2.34 bits per heavy atom. The van der Waals surface area contributed by atoms with Crippen LogP contribution in [0.5, 0.6) is 0 Å². The van der Waals surface area contributed by atoms with Crippen molar-refractivity contribution in [2.24, 2.45) is 0 Å². The number of likely N-dealkylation sites (tertiary alicyclic amines) is 1. The quantitative estimate of drug-likeness (QED) is 0.775. The molecule has 29 heavy (non-hydrogen) atoms. The molecule has 1 atom stereocenters. The van der Waals surface area contributed by atoms with Gasteiger partial charge in [0, 0.05) is 37.0 Å². The second-order valence-corrected chi connectivity index (χ2v) is 9.84. The topological polar surface area (TPSA) is 85.8 Å². The van der Waals surface area contributed by atoms with Crippen LogP contribution in [-0.2, 0) is 14.0 Å². The lowest BCUT2D eigenvalue weighted by Crippen LogP contribution is -2.47. The van der Waals surface area contributed by atoms with Gasteiger partial charge in [-0.2, -0.15) is 0 Å². The summed E-state index contributed by atoms with van der Waals surface area (Å²) in [7, 11) is -0.480. The molecule has 0 aliphatic carbocycles. The Balaban J connectivity index is 1.58. The molecule has 160 valence electrons. The molecule has 9 heteroatoms. The first kappa shape index (κ1) is 21.8. The summed E-state index contributed by atoms with van der Waals surface area (Å²) in [6, 6.07) is 0.0824. The van der Waals surface area contributed by atoms with Crippen LogP contribution in [0.3, 0.4) is 0 Å². The lowest BCUT2D eigenvalue weighted by Gasteiger charge is -2.34. The number of carbonyl (C=O) groups is 1. The highest BCUT2D eigenvalue weighted by atomic mass is 16.7. The van der Waals surface area contributed by atoms with Crippen molar-refractivity contribution in [2.75, 3.05) is 18.4 Å². The summed E-state index contributed by atoms with van der Waals surface area (Å²) in [6.45, 7) is 15.0. The van der Waals surface area contributed by atoms with E-state index in [9.17, 15) is 4.79 Å². The molecule has 2 saturated heterocycles. The lowest BCUT2D eigenvalue weighted by molar-refractivity contribution is 0.00578. The largest absolute Gasteiger partial charge is 0.498 e. The van der Waals surface area contributed by atoms with E-state index >= 15 is 0 Å². The average Bonchev–Trinajstić information content (AvgIpc) is 2.82. The maximum absolute atomic E-state index is 12.3. The maximum atomic E-state index is 12.3. The number of rotatable bonds is 3. The van der Waals surface area contributed by atoms with E-state index in [1.807, 2.05) is 48.5 Å². The van der Waals surface area contributed by atoms with Gasteiger partial charge in [0.25, 0.3) is 0 Å². The summed E-state index contributed by atoms with van der Waals surface area (Å²) in [5.74, 6) is 0.529. The molecule has 0 aromatic carbocycles. The van der Waals surface area contributed by atoms with E-state index in [4.69, 9.17) is 14.0 Å². The number of nitrogens with zero attached hydrogens (tertiary/aromatic N) is 3. The molecule has 0 saturated carbocycles. The highest BCUT2D eigenvalue weighted by molar-refractivity contribution is 6.61. The second kappa shape index (κ2) is 7.76. The number of hydrogen-bond acceptors (Lipinski definition) is 7. The van der Waals surface area contributed by atoms with Crippen LogP contribution in [0.25, 0.3) is 0 Å². The molecule has 2 fully saturated rings. The minimum Gasteiger partial charge on any atom is -0.444 e. The Labute approximate surface area is 173 Å². The van der Waals surface area contributed by atoms with Crippen LogP contribution in [0.2, 0.25) is 0 Å². The van der Waals surface area contributed by atoms with Crippen molar-refractivity contribution in [3.05, 3.63) is 12.4 Å². The van der Waals surface area contributed by atoms with Gasteiger partial charge in [-0.3, -0.25) is 0 Å². The molecular weight excluding hydrogens is 371 g/mol. The molecule has 0 spiro atoms. The standard InChI is InChI=1S/C20H33BN4O4/c1-18(2,3)27-17(26)25-10-8-9-15(13-25)24-16-22-11-14(12-23-16)21-28-19(4,5)20(6,7)29-21/h11-12,15H,8-10,13H2,1-7H3,(H,22,23,24)/t15-/m0/s1.